The number of fused-ring (bicyclic) bond motifs is 1. The van der Waals surface area contributed by atoms with Crippen LogP contribution in [-0.2, 0) is 26.0 Å². The normalized spacial score (nSPS) is 17.1. The van der Waals surface area contributed by atoms with Gasteiger partial charge in [0.2, 0.25) is 21.8 Å². The molecule has 2 aliphatic heterocycles. The molecule has 1 saturated heterocycles. The smallest absolute Gasteiger partial charge is 0.245 e. The lowest BCUT2D eigenvalue weighted by Crippen LogP contribution is -2.42. The van der Waals surface area contributed by atoms with Crippen molar-refractivity contribution in [3.05, 3.63) is 50.9 Å². The van der Waals surface area contributed by atoms with E-state index in [9.17, 15) is 18.0 Å². The molecule has 0 saturated carbocycles. The van der Waals surface area contributed by atoms with Crippen LogP contribution in [0.4, 0.5) is 11.4 Å². The van der Waals surface area contributed by atoms with Gasteiger partial charge < -0.3 is 10.2 Å². The van der Waals surface area contributed by atoms with E-state index in [1.165, 1.54) is 4.31 Å². The van der Waals surface area contributed by atoms with Crippen LogP contribution in [0.25, 0.3) is 0 Å². The summed E-state index contributed by atoms with van der Waals surface area (Å²) in [6.45, 7) is 2.77. The minimum Gasteiger partial charge on any atom is -0.326 e. The molecule has 0 unspecified atom stereocenters. The number of nitrogens with zero attached hydrogens (tertiary/aromatic N) is 2. The Hall–Kier alpha value is -1.75. The van der Waals surface area contributed by atoms with E-state index in [1.54, 1.807) is 17.9 Å². The molecule has 0 spiro atoms. The first-order valence-corrected chi connectivity index (χ1v) is 13.9. The first kappa shape index (κ1) is 24.4. The highest BCUT2D eigenvalue weighted by Gasteiger charge is 2.37. The molecule has 0 atom stereocenters. The largest absolute Gasteiger partial charge is 0.326 e. The van der Waals surface area contributed by atoms with Gasteiger partial charge in [-0.05, 0) is 61.2 Å². The maximum absolute atomic E-state index is 13.6. The minimum absolute atomic E-state index is 0.0872. The first-order chi connectivity index (χ1) is 15.7. The minimum atomic E-state index is -3.82. The van der Waals surface area contributed by atoms with Gasteiger partial charge in [0.25, 0.3) is 0 Å². The van der Waals surface area contributed by atoms with Crippen molar-refractivity contribution in [2.75, 3.05) is 29.9 Å². The average Bonchev–Trinajstić information content (AvgIpc) is 3.23. The molecular weight excluding hydrogens is 574 g/mol. The highest BCUT2D eigenvalue weighted by molar-refractivity contribution is 9.10. The van der Waals surface area contributed by atoms with Crippen LogP contribution in [-0.4, -0.2) is 44.2 Å². The van der Waals surface area contributed by atoms with Crippen LogP contribution in [0.5, 0.6) is 0 Å². The van der Waals surface area contributed by atoms with E-state index in [2.05, 4.69) is 37.2 Å². The summed E-state index contributed by atoms with van der Waals surface area (Å²) in [6, 6.07) is 10.8. The highest BCUT2D eigenvalue weighted by Crippen LogP contribution is 2.39. The van der Waals surface area contributed by atoms with Crippen molar-refractivity contribution in [1.82, 2.24) is 4.31 Å². The molecule has 33 heavy (non-hydrogen) atoms. The van der Waals surface area contributed by atoms with Crippen molar-refractivity contribution in [2.24, 2.45) is 5.92 Å². The number of nitrogens with one attached hydrogen (secondary N) is 1. The van der Waals surface area contributed by atoms with Gasteiger partial charge in [0, 0.05) is 46.6 Å². The number of amides is 2. The van der Waals surface area contributed by atoms with Gasteiger partial charge >= 0.3 is 0 Å². The van der Waals surface area contributed by atoms with Crippen LogP contribution in [0.15, 0.2) is 50.2 Å². The summed E-state index contributed by atoms with van der Waals surface area (Å²) in [5.41, 5.74) is 2.07. The first-order valence-electron chi connectivity index (χ1n) is 10.9. The Bertz CT molecular complexity index is 1180. The van der Waals surface area contributed by atoms with Crippen molar-refractivity contribution in [1.29, 1.82) is 0 Å². The third-order valence-corrected chi connectivity index (χ3v) is 9.05. The summed E-state index contributed by atoms with van der Waals surface area (Å²) in [4.78, 5) is 26.9. The zero-order valence-electron chi connectivity index (χ0n) is 18.2. The number of halogens is 2. The van der Waals surface area contributed by atoms with E-state index < -0.39 is 10.0 Å². The van der Waals surface area contributed by atoms with E-state index in [0.717, 1.165) is 10.0 Å². The number of hydrogen-bond donors (Lipinski definition) is 1. The highest BCUT2D eigenvalue weighted by atomic mass is 79.9. The summed E-state index contributed by atoms with van der Waals surface area (Å²) in [5, 5.41) is 2.91. The van der Waals surface area contributed by atoms with E-state index >= 15 is 0 Å². The van der Waals surface area contributed by atoms with E-state index in [1.807, 2.05) is 30.3 Å². The molecule has 0 radical (unpaired) electrons. The molecule has 0 aliphatic carbocycles. The molecule has 0 bridgehead atoms. The second kappa shape index (κ2) is 9.85. The van der Waals surface area contributed by atoms with Crippen LogP contribution in [0.3, 0.4) is 0 Å². The Morgan fingerprint density at radius 1 is 1.03 bits per heavy atom. The molecule has 1 fully saturated rings. The lowest BCUT2D eigenvalue weighted by atomic mass is 9.97. The van der Waals surface area contributed by atoms with Crippen LogP contribution in [0.1, 0.15) is 31.7 Å². The van der Waals surface area contributed by atoms with Crippen molar-refractivity contribution in [2.45, 2.75) is 37.5 Å². The van der Waals surface area contributed by atoms with E-state index in [4.69, 9.17) is 0 Å². The number of piperidine rings is 1. The van der Waals surface area contributed by atoms with E-state index in [0.29, 0.717) is 48.1 Å². The third-order valence-electron chi connectivity index (χ3n) is 6.15. The molecule has 0 aromatic heterocycles. The lowest BCUT2D eigenvalue weighted by molar-refractivity contribution is -0.121. The maximum Gasteiger partial charge on any atom is 0.245 e. The monoisotopic (exact) mass is 597 g/mol. The number of hydrogen-bond acceptors (Lipinski definition) is 4. The Kier molecular flexibility index (Phi) is 7.28. The second-order valence-electron chi connectivity index (χ2n) is 8.24. The van der Waals surface area contributed by atoms with Crippen LogP contribution in [0.2, 0.25) is 0 Å². The predicted molar refractivity (Wildman–Crippen MR) is 135 cm³/mol. The molecule has 2 aromatic carbocycles. The van der Waals surface area contributed by atoms with Gasteiger partial charge in [0.1, 0.15) is 4.90 Å². The summed E-state index contributed by atoms with van der Waals surface area (Å²) < 4.78 is 30.3. The summed E-state index contributed by atoms with van der Waals surface area (Å²) >= 11 is 6.80. The lowest BCUT2D eigenvalue weighted by Gasteiger charge is -2.31. The Morgan fingerprint density at radius 3 is 2.33 bits per heavy atom. The van der Waals surface area contributed by atoms with Crippen LogP contribution >= 0.6 is 31.9 Å². The number of carbonyl (C=O) groups excluding carboxylic acids is 2. The summed E-state index contributed by atoms with van der Waals surface area (Å²) in [7, 11) is -3.82. The zero-order chi connectivity index (χ0) is 23.8. The van der Waals surface area contributed by atoms with E-state index in [-0.39, 0.29) is 35.7 Å². The fraction of sp³-hybridized carbons (Fsp3) is 0.391. The Labute approximate surface area is 210 Å². The van der Waals surface area contributed by atoms with Gasteiger partial charge in [0.15, 0.2) is 0 Å². The molecule has 2 amide bonds. The zero-order valence-corrected chi connectivity index (χ0v) is 22.2. The van der Waals surface area contributed by atoms with Gasteiger partial charge in [0.05, 0.1) is 5.69 Å². The Morgan fingerprint density at radius 2 is 1.70 bits per heavy atom. The standard InChI is InChI=1S/C23H25Br2N3O4S/c1-2-21(29)28-12-9-16-13-18(25)14-20(22(16)28)33(31,32)27-10-7-15(8-11-27)23(30)26-19-5-3-17(24)4-6-19/h3-6,13-15H,2,7-12H2,1H3,(H,26,30). The number of anilines is 2. The maximum atomic E-state index is 13.6. The topological polar surface area (TPSA) is 86.8 Å². The molecule has 2 aromatic rings. The molecular formula is C23H25Br2N3O4S. The number of sulfonamides is 1. The van der Waals surface area contributed by atoms with Crippen molar-refractivity contribution < 1.29 is 18.0 Å². The number of rotatable bonds is 5. The molecule has 4 rings (SSSR count). The van der Waals surface area contributed by atoms with Gasteiger partial charge in [-0.3, -0.25) is 9.59 Å². The van der Waals surface area contributed by atoms with Crippen LogP contribution in [0, 0.1) is 5.92 Å². The quantitative estimate of drug-likeness (QED) is 0.547. The third kappa shape index (κ3) is 5.03. The van der Waals surface area contributed by atoms with Gasteiger partial charge in [-0.15, -0.1) is 0 Å². The molecule has 7 nitrogen and oxygen atoms in total. The van der Waals surface area contributed by atoms with Crippen molar-refractivity contribution in [3.63, 3.8) is 0 Å². The fourth-order valence-corrected chi connectivity index (χ4v) is 7.03. The second-order valence-corrected chi connectivity index (χ2v) is 12.0. The van der Waals surface area contributed by atoms with Gasteiger partial charge in [-0.25, -0.2) is 8.42 Å². The Balaban J connectivity index is 1.50. The number of benzene rings is 2. The van der Waals surface area contributed by atoms with Gasteiger partial charge in [-0.1, -0.05) is 38.8 Å². The molecule has 2 aliphatic rings. The number of carbonyl (C=O) groups is 2. The van der Waals surface area contributed by atoms with Crippen LogP contribution < -0.4 is 10.2 Å². The average molecular weight is 599 g/mol. The fourth-order valence-electron chi connectivity index (χ4n) is 4.38. The molecule has 176 valence electrons. The van der Waals surface area contributed by atoms with Crippen molar-refractivity contribution in [3.8, 4) is 0 Å². The summed E-state index contributed by atoms with van der Waals surface area (Å²) in [6.07, 6.45) is 1.82. The molecule has 1 N–H and O–H groups in total. The molecule has 2 heterocycles. The van der Waals surface area contributed by atoms with Gasteiger partial charge in [-0.2, -0.15) is 4.31 Å². The van der Waals surface area contributed by atoms with Crippen molar-refractivity contribution >= 4 is 65.1 Å². The molecule has 10 heteroatoms. The predicted octanol–water partition coefficient (Wildman–Crippen LogP) is 4.55. The SMILES string of the molecule is CCC(=O)N1CCc2cc(Br)cc(S(=O)(=O)N3CCC(C(=O)Nc4ccc(Br)cc4)CC3)c21. The summed E-state index contributed by atoms with van der Waals surface area (Å²) in [5.74, 6) is -0.445.